The Kier molecular flexibility index (Phi) is 5.84. The maximum atomic E-state index is 14.0. The van der Waals surface area contributed by atoms with Gasteiger partial charge in [0.05, 0.1) is 5.70 Å². The Labute approximate surface area is 200 Å². The third-order valence-corrected chi connectivity index (χ3v) is 5.94. The largest absolute Gasteiger partial charge is 0.350 e. The van der Waals surface area contributed by atoms with Gasteiger partial charge in [0, 0.05) is 16.9 Å². The zero-order chi connectivity index (χ0) is 23.5. The van der Waals surface area contributed by atoms with Crippen molar-refractivity contribution in [2.24, 2.45) is 0 Å². The predicted octanol–water partition coefficient (Wildman–Crippen LogP) is 7.21. The predicted molar refractivity (Wildman–Crippen MR) is 141 cm³/mol. The van der Waals surface area contributed by atoms with Gasteiger partial charge >= 0.3 is 0 Å². The van der Waals surface area contributed by atoms with Crippen molar-refractivity contribution in [2.45, 2.75) is 13.8 Å². The highest BCUT2D eigenvalue weighted by atomic mass is 16.2. The third-order valence-electron chi connectivity index (χ3n) is 5.94. The van der Waals surface area contributed by atoms with Crippen LogP contribution >= 0.6 is 0 Å². The summed E-state index contributed by atoms with van der Waals surface area (Å²) < 4.78 is 0. The number of allylic oxidation sites excluding steroid dienone is 1. The van der Waals surface area contributed by atoms with Crippen LogP contribution in [0.3, 0.4) is 0 Å². The molecule has 3 nitrogen and oxygen atoms in total. The summed E-state index contributed by atoms with van der Waals surface area (Å²) in [5.74, 6) is -0.0783. The molecule has 4 aromatic carbocycles. The quantitative estimate of drug-likeness (QED) is 0.354. The zero-order valence-electron chi connectivity index (χ0n) is 19.3. The van der Waals surface area contributed by atoms with Gasteiger partial charge in [0.15, 0.2) is 0 Å². The fraction of sp³-hybridized carbons (Fsp3) is 0.0645. The molecule has 0 spiro atoms. The van der Waals surface area contributed by atoms with E-state index in [4.69, 9.17) is 0 Å². The van der Waals surface area contributed by atoms with Crippen LogP contribution in [0.4, 0.5) is 11.4 Å². The van der Waals surface area contributed by atoms with E-state index in [1.807, 2.05) is 96.8 Å². The van der Waals surface area contributed by atoms with E-state index in [9.17, 15) is 4.79 Å². The van der Waals surface area contributed by atoms with Crippen LogP contribution in [0.5, 0.6) is 0 Å². The van der Waals surface area contributed by atoms with E-state index < -0.39 is 0 Å². The minimum absolute atomic E-state index is 0.0783. The van der Waals surface area contributed by atoms with Crippen molar-refractivity contribution in [2.75, 3.05) is 10.2 Å². The Hall–Kier alpha value is -4.37. The van der Waals surface area contributed by atoms with Gasteiger partial charge in [-0.1, -0.05) is 96.1 Å². The Morgan fingerprint density at radius 1 is 0.676 bits per heavy atom. The highest BCUT2D eigenvalue weighted by Gasteiger charge is 2.37. The van der Waals surface area contributed by atoms with E-state index in [0.29, 0.717) is 5.70 Å². The van der Waals surface area contributed by atoms with Crippen molar-refractivity contribution in [3.63, 3.8) is 0 Å². The zero-order valence-corrected chi connectivity index (χ0v) is 19.3. The first kappa shape index (κ1) is 21.5. The maximum Gasteiger partial charge on any atom is 0.280 e. The molecule has 34 heavy (non-hydrogen) atoms. The molecule has 1 aliphatic heterocycles. The van der Waals surface area contributed by atoms with Crippen LogP contribution in [0.25, 0.3) is 11.6 Å². The van der Waals surface area contributed by atoms with Gasteiger partial charge in [-0.2, -0.15) is 0 Å². The summed E-state index contributed by atoms with van der Waals surface area (Å²) in [6.45, 7) is 4.10. The standard InChI is InChI=1S/C31H26N2O/c1-22-13-17-26(18-14-22)32-30-29(25-11-7-4-8-12-25)28(21-24-9-5-3-6-10-24)33(31(30)34)27-19-15-23(2)16-20-27/h3-21,32H,1-2H3/b28-21-. The second-order valence-electron chi connectivity index (χ2n) is 8.52. The molecule has 0 aromatic heterocycles. The summed E-state index contributed by atoms with van der Waals surface area (Å²) in [7, 11) is 0. The molecule has 1 heterocycles. The van der Waals surface area contributed by atoms with Gasteiger partial charge in [0.1, 0.15) is 5.70 Å². The van der Waals surface area contributed by atoms with Crippen molar-refractivity contribution >= 4 is 28.9 Å². The van der Waals surface area contributed by atoms with Gasteiger partial charge in [-0.15, -0.1) is 0 Å². The molecule has 1 amide bonds. The summed E-state index contributed by atoms with van der Waals surface area (Å²) in [5.41, 5.74) is 8.37. The number of aryl methyl sites for hydroxylation is 2. The second-order valence-corrected chi connectivity index (χ2v) is 8.52. The molecule has 0 atom stereocenters. The van der Waals surface area contributed by atoms with Crippen LogP contribution < -0.4 is 10.2 Å². The van der Waals surface area contributed by atoms with E-state index in [-0.39, 0.29) is 5.91 Å². The van der Waals surface area contributed by atoms with E-state index in [1.54, 1.807) is 0 Å². The molecule has 0 unspecified atom stereocenters. The molecule has 0 bridgehead atoms. The average molecular weight is 443 g/mol. The minimum atomic E-state index is -0.0783. The number of hydrogen-bond acceptors (Lipinski definition) is 2. The van der Waals surface area contributed by atoms with Crippen molar-refractivity contribution in [3.8, 4) is 0 Å². The molecular weight excluding hydrogens is 416 g/mol. The lowest BCUT2D eigenvalue weighted by atomic mass is 10.0. The molecule has 0 saturated carbocycles. The average Bonchev–Trinajstić information content (AvgIpc) is 3.13. The van der Waals surface area contributed by atoms with Gasteiger partial charge in [0.25, 0.3) is 5.91 Å². The third kappa shape index (κ3) is 4.28. The number of nitrogens with one attached hydrogen (secondary N) is 1. The van der Waals surface area contributed by atoms with E-state index in [1.165, 1.54) is 5.56 Å². The first-order valence-electron chi connectivity index (χ1n) is 11.4. The number of carbonyl (C=O) groups excluding carboxylic acids is 1. The molecule has 0 aliphatic carbocycles. The number of nitrogens with zero attached hydrogens (tertiary/aromatic N) is 1. The topological polar surface area (TPSA) is 32.3 Å². The van der Waals surface area contributed by atoms with Gasteiger partial charge < -0.3 is 5.32 Å². The first-order valence-corrected chi connectivity index (χ1v) is 11.4. The van der Waals surface area contributed by atoms with Crippen LogP contribution in [0.1, 0.15) is 22.3 Å². The summed E-state index contributed by atoms with van der Waals surface area (Å²) in [6, 6.07) is 36.4. The number of carbonyl (C=O) groups is 1. The Morgan fingerprint density at radius 2 is 1.24 bits per heavy atom. The van der Waals surface area contributed by atoms with Gasteiger partial charge in [-0.25, -0.2) is 0 Å². The number of amides is 1. The number of hydrogen-bond donors (Lipinski definition) is 1. The highest BCUT2D eigenvalue weighted by molar-refractivity contribution is 6.24. The molecule has 0 radical (unpaired) electrons. The Bertz CT molecular complexity index is 1370. The molecule has 0 saturated heterocycles. The van der Waals surface area contributed by atoms with Gasteiger partial charge in [-0.3, -0.25) is 9.69 Å². The molecule has 166 valence electrons. The lowest BCUT2D eigenvalue weighted by Gasteiger charge is -2.21. The minimum Gasteiger partial charge on any atom is -0.350 e. The molecule has 4 aromatic rings. The molecule has 1 N–H and O–H groups in total. The van der Waals surface area contributed by atoms with Crippen molar-refractivity contribution in [1.29, 1.82) is 0 Å². The highest BCUT2D eigenvalue weighted by Crippen LogP contribution is 2.41. The van der Waals surface area contributed by atoms with Gasteiger partial charge in [-0.05, 0) is 55.3 Å². The van der Waals surface area contributed by atoms with Crippen molar-refractivity contribution < 1.29 is 4.79 Å². The molecule has 1 aliphatic rings. The normalized spacial score (nSPS) is 14.7. The van der Waals surface area contributed by atoms with Crippen molar-refractivity contribution in [3.05, 3.63) is 143 Å². The summed E-state index contributed by atoms with van der Waals surface area (Å²) in [6.07, 6.45) is 2.09. The number of anilines is 2. The van der Waals surface area contributed by atoms with Crippen LogP contribution in [0.15, 0.2) is 121 Å². The molecule has 5 rings (SSSR count). The van der Waals surface area contributed by atoms with Crippen LogP contribution in [-0.2, 0) is 4.79 Å². The van der Waals surface area contributed by atoms with Crippen LogP contribution in [0.2, 0.25) is 0 Å². The lowest BCUT2D eigenvalue weighted by molar-refractivity contribution is -0.114. The van der Waals surface area contributed by atoms with Crippen LogP contribution in [-0.4, -0.2) is 5.91 Å². The molecular formula is C31H26N2O. The number of rotatable bonds is 5. The smallest absolute Gasteiger partial charge is 0.280 e. The lowest BCUT2D eigenvalue weighted by Crippen LogP contribution is -2.27. The van der Waals surface area contributed by atoms with Gasteiger partial charge in [0.2, 0.25) is 0 Å². The molecule has 0 fully saturated rings. The summed E-state index contributed by atoms with van der Waals surface area (Å²) in [4.78, 5) is 15.8. The van der Waals surface area contributed by atoms with E-state index >= 15 is 0 Å². The Morgan fingerprint density at radius 3 is 1.85 bits per heavy atom. The monoisotopic (exact) mass is 442 g/mol. The first-order chi connectivity index (χ1) is 16.6. The molecule has 3 heteroatoms. The van der Waals surface area contributed by atoms with E-state index in [2.05, 4.69) is 42.6 Å². The fourth-order valence-corrected chi connectivity index (χ4v) is 4.16. The van der Waals surface area contributed by atoms with Crippen molar-refractivity contribution in [1.82, 2.24) is 0 Å². The van der Waals surface area contributed by atoms with E-state index in [0.717, 1.165) is 39.3 Å². The fourth-order valence-electron chi connectivity index (χ4n) is 4.16. The van der Waals surface area contributed by atoms with Crippen LogP contribution in [0, 0.1) is 13.8 Å². The summed E-state index contributed by atoms with van der Waals surface area (Å²) in [5, 5.41) is 3.44. The Balaban J connectivity index is 1.72. The number of benzene rings is 4. The summed E-state index contributed by atoms with van der Waals surface area (Å²) >= 11 is 0. The maximum absolute atomic E-state index is 14.0. The SMILES string of the molecule is Cc1ccc(NC2=C(c3ccccc3)/C(=C/c3ccccc3)N(c3ccc(C)cc3)C2=O)cc1. The second kappa shape index (κ2) is 9.24.